The number of hydrogen-bond acceptors (Lipinski definition) is 5. The molecule has 1 amide bonds. The standard InChI is InChI=1S/C25H31N3O2S/c1-24(2)21-17-19(23(29)26-13-16-31)7-10-22(21)28-14-15-30-25(24,28)12-11-18-5-8-20(9-6-18)27(3)4/h5-12,17,31H,13-16H2,1-4H3,(H,26,29)/b12-11+. The predicted octanol–water partition coefficient (Wildman–Crippen LogP) is 3.95. The van der Waals surface area contributed by atoms with Crippen molar-refractivity contribution in [3.8, 4) is 0 Å². The Labute approximate surface area is 190 Å². The van der Waals surface area contributed by atoms with E-state index in [1.807, 2.05) is 26.2 Å². The number of benzene rings is 2. The lowest BCUT2D eigenvalue weighted by molar-refractivity contribution is 0.000321. The third-order valence-corrected chi connectivity index (χ3v) is 6.69. The van der Waals surface area contributed by atoms with Crippen LogP contribution in [-0.2, 0) is 10.2 Å². The van der Waals surface area contributed by atoms with Gasteiger partial charge in [0.25, 0.3) is 5.91 Å². The smallest absolute Gasteiger partial charge is 0.251 e. The molecule has 0 aliphatic carbocycles. The third-order valence-electron chi connectivity index (χ3n) is 6.46. The lowest BCUT2D eigenvalue weighted by Gasteiger charge is -2.39. The van der Waals surface area contributed by atoms with E-state index < -0.39 is 5.72 Å². The highest BCUT2D eigenvalue weighted by atomic mass is 32.1. The summed E-state index contributed by atoms with van der Waals surface area (Å²) in [4.78, 5) is 16.9. The molecule has 0 bridgehead atoms. The summed E-state index contributed by atoms with van der Waals surface area (Å²) in [5, 5.41) is 2.91. The summed E-state index contributed by atoms with van der Waals surface area (Å²) in [7, 11) is 4.08. The maximum absolute atomic E-state index is 12.5. The molecular formula is C25H31N3O2S. The number of rotatable bonds is 6. The van der Waals surface area contributed by atoms with E-state index in [0.717, 1.165) is 23.4 Å². The summed E-state index contributed by atoms with van der Waals surface area (Å²) in [6.45, 7) is 6.46. The van der Waals surface area contributed by atoms with Gasteiger partial charge in [-0.2, -0.15) is 12.6 Å². The van der Waals surface area contributed by atoms with E-state index in [2.05, 4.69) is 84.1 Å². The van der Waals surface area contributed by atoms with Crippen molar-refractivity contribution in [2.75, 3.05) is 49.3 Å². The molecule has 6 heteroatoms. The molecule has 0 saturated carbocycles. The van der Waals surface area contributed by atoms with Gasteiger partial charge in [0.15, 0.2) is 5.72 Å². The summed E-state index contributed by atoms with van der Waals surface area (Å²) in [5.41, 5.74) is 4.36. The number of carbonyl (C=O) groups excluding carboxylic acids is 1. The summed E-state index contributed by atoms with van der Waals surface area (Å²) in [6.07, 6.45) is 4.33. The van der Waals surface area contributed by atoms with Crippen molar-refractivity contribution >= 4 is 36.0 Å². The Hall–Kier alpha value is -2.44. The van der Waals surface area contributed by atoms with E-state index in [-0.39, 0.29) is 11.3 Å². The van der Waals surface area contributed by atoms with E-state index in [4.69, 9.17) is 4.74 Å². The predicted molar refractivity (Wildman–Crippen MR) is 131 cm³/mol. The molecule has 164 valence electrons. The molecule has 5 nitrogen and oxygen atoms in total. The van der Waals surface area contributed by atoms with Crippen molar-refractivity contribution in [3.05, 3.63) is 65.2 Å². The molecule has 0 aromatic heterocycles. The van der Waals surface area contributed by atoms with Gasteiger partial charge in [-0.25, -0.2) is 0 Å². The van der Waals surface area contributed by atoms with Gasteiger partial charge in [-0.3, -0.25) is 4.79 Å². The van der Waals surface area contributed by atoms with Gasteiger partial charge in [-0.1, -0.05) is 32.1 Å². The number of ether oxygens (including phenoxy) is 1. The Balaban J connectivity index is 1.68. The Bertz CT molecular complexity index is 1000. The molecule has 2 aromatic rings. The van der Waals surface area contributed by atoms with Crippen molar-refractivity contribution in [3.63, 3.8) is 0 Å². The second kappa shape index (κ2) is 8.24. The zero-order chi connectivity index (χ0) is 22.2. The van der Waals surface area contributed by atoms with Crippen molar-refractivity contribution < 1.29 is 9.53 Å². The maximum atomic E-state index is 12.5. The number of carbonyl (C=O) groups is 1. The van der Waals surface area contributed by atoms with Gasteiger partial charge in [-0.15, -0.1) is 0 Å². The van der Waals surface area contributed by atoms with Crippen LogP contribution in [0.4, 0.5) is 11.4 Å². The molecule has 0 spiro atoms. The van der Waals surface area contributed by atoms with Crippen LogP contribution in [-0.4, -0.2) is 51.2 Å². The quantitative estimate of drug-likeness (QED) is 0.672. The first kappa shape index (κ1) is 21.8. The molecule has 1 fully saturated rings. The van der Waals surface area contributed by atoms with Crippen molar-refractivity contribution in [1.82, 2.24) is 5.32 Å². The summed E-state index contributed by atoms with van der Waals surface area (Å²) in [5.74, 6) is 0.555. The number of thiol groups is 1. The third kappa shape index (κ3) is 3.62. The Kier molecular flexibility index (Phi) is 5.79. The zero-order valence-electron chi connectivity index (χ0n) is 18.7. The SMILES string of the molecule is CN(C)c1ccc(/C=C/C23OCCN2c2ccc(C(=O)NCCS)cc2C3(C)C)cc1. The van der Waals surface area contributed by atoms with E-state index in [1.54, 1.807) is 0 Å². The minimum Gasteiger partial charge on any atom is -0.378 e. The molecule has 2 aliphatic rings. The van der Waals surface area contributed by atoms with E-state index in [9.17, 15) is 4.79 Å². The average molecular weight is 438 g/mol. The van der Waals surface area contributed by atoms with Crippen LogP contribution in [0.2, 0.25) is 0 Å². The van der Waals surface area contributed by atoms with Crippen LogP contribution in [0.25, 0.3) is 6.08 Å². The van der Waals surface area contributed by atoms with Gasteiger partial charge in [-0.05, 0) is 47.5 Å². The molecule has 1 unspecified atom stereocenters. The first-order valence-corrected chi connectivity index (χ1v) is 11.4. The van der Waals surface area contributed by atoms with Crippen LogP contribution < -0.4 is 15.1 Å². The number of nitrogens with zero attached hydrogens (tertiary/aromatic N) is 2. The van der Waals surface area contributed by atoms with Gasteiger partial charge in [0, 0.05) is 55.3 Å². The highest BCUT2D eigenvalue weighted by molar-refractivity contribution is 7.80. The van der Waals surface area contributed by atoms with Crippen LogP contribution in [0.15, 0.2) is 48.5 Å². The van der Waals surface area contributed by atoms with Crippen LogP contribution in [0.5, 0.6) is 0 Å². The van der Waals surface area contributed by atoms with Crippen molar-refractivity contribution in [2.24, 2.45) is 0 Å². The van der Waals surface area contributed by atoms with Gasteiger partial charge < -0.3 is 19.9 Å². The van der Waals surface area contributed by atoms with Crippen LogP contribution >= 0.6 is 12.6 Å². The van der Waals surface area contributed by atoms with E-state index in [0.29, 0.717) is 24.5 Å². The molecule has 0 radical (unpaired) electrons. The number of amides is 1. The largest absolute Gasteiger partial charge is 0.378 e. The normalized spacial score (nSPS) is 21.3. The fraction of sp³-hybridized carbons (Fsp3) is 0.400. The molecule has 2 heterocycles. The number of hydrogen-bond donors (Lipinski definition) is 2. The first-order chi connectivity index (χ1) is 14.8. The summed E-state index contributed by atoms with van der Waals surface area (Å²) >= 11 is 4.18. The number of nitrogens with one attached hydrogen (secondary N) is 1. The molecule has 2 aromatic carbocycles. The Morgan fingerprint density at radius 3 is 2.65 bits per heavy atom. The minimum absolute atomic E-state index is 0.0637. The Morgan fingerprint density at radius 2 is 1.97 bits per heavy atom. The first-order valence-electron chi connectivity index (χ1n) is 10.7. The van der Waals surface area contributed by atoms with Crippen LogP contribution in [0.3, 0.4) is 0 Å². The van der Waals surface area contributed by atoms with E-state index in [1.165, 1.54) is 5.69 Å². The highest BCUT2D eigenvalue weighted by Crippen LogP contribution is 2.55. The number of anilines is 2. The zero-order valence-corrected chi connectivity index (χ0v) is 19.6. The van der Waals surface area contributed by atoms with Gasteiger partial charge in [0.05, 0.1) is 6.61 Å². The van der Waals surface area contributed by atoms with Crippen molar-refractivity contribution in [2.45, 2.75) is 25.0 Å². The molecule has 2 aliphatic heterocycles. The highest BCUT2D eigenvalue weighted by Gasteiger charge is 2.59. The van der Waals surface area contributed by atoms with Crippen molar-refractivity contribution in [1.29, 1.82) is 0 Å². The molecule has 1 saturated heterocycles. The number of fused-ring (bicyclic) bond motifs is 3. The molecule has 31 heavy (non-hydrogen) atoms. The molecule has 1 N–H and O–H groups in total. The minimum atomic E-state index is -0.574. The Morgan fingerprint density at radius 1 is 1.23 bits per heavy atom. The molecule has 4 rings (SSSR count). The maximum Gasteiger partial charge on any atom is 0.251 e. The monoisotopic (exact) mass is 437 g/mol. The summed E-state index contributed by atoms with van der Waals surface area (Å²) in [6, 6.07) is 14.5. The van der Waals surface area contributed by atoms with Crippen LogP contribution in [0, 0.1) is 0 Å². The molecule has 1 atom stereocenters. The topological polar surface area (TPSA) is 44.8 Å². The summed E-state index contributed by atoms with van der Waals surface area (Å²) < 4.78 is 6.43. The lowest BCUT2D eigenvalue weighted by atomic mass is 9.77. The second-order valence-electron chi connectivity index (χ2n) is 8.85. The van der Waals surface area contributed by atoms with Gasteiger partial charge >= 0.3 is 0 Å². The average Bonchev–Trinajstić information content (AvgIpc) is 3.27. The van der Waals surface area contributed by atoms with E-state index >= 15 is 0 Å². The van der Waals surface area contributed by atoms with Gasteiger partial charge in [0.2, 0.25) is 0 Å². The lowest BCUT2D eigenvalue weighted by Crippen LogP contribution is -2.51. The molecular weight excluding hydrogens is 406 g/mol. The fourth-order valence-corrected chi connectivity index (χ4v) is 4.78. The fourth-order valence-electron chi connectivity index (χ4n) is 4.67. The van der Waals surface area contributed by atoms with Gasteiger partial charge in [0.1, 0.15) is 0 Å². The second-order valence-corrected chi connectivity index (χ2v) is 9.30. The van der Waals surface area contributed by atoms with Crippen LogP contribution in [0.1, 0.15) is 35.3 Å².